The average molecular weight is 307 g/mol. The first kappa shape index (κ1) is 15.7. The number of methoxy groups -OCH3 is 1. The summed E-state index contributed by atoms with van der Waals surface area (Å²) in [5.41, 5.74) is 3.24. The van der Waals surface area contributed by atoms with Crippen LogP contribution in [-0.4, -0.2) is 36.7 Å². The number of hydrogen-bond acceptors (Lipinski definition) is 4. The first-order valence-electron chi connectivity index (χ1n) is 7.90. The van der Waals surface area contributed by atoms with Crippen molar-refractivity contribution in [2.45, 2.75) is 12.5 Å². The molecule has 3 rings (SSSR count). The predicted octanol–water partition coefficient (Wildman–Crippen LogP) is 2.82. The monoisotopic (exact) mass is 307 g/mol. The van der Waals surface area contributed by atoms with Crippen LogP contribution in [0.3, 0.4) is 0 Å². The van der Waals surface area contributed by atoms with Gasteiger partial charge in [-0.2, -0.15) is 5.26 Å². The zero-order valence-corrected chi connectivity index (χ0v) is 13.4. The molecule has 2 heterocycles. The fourth-order valence-electron chi connectivity index (χ4n) is 3.46. The van der Waals surface area contributed by atoms with E-state index in [2.05, 4.69) is 34.2 Å². The van der Waals surface area contributed by atoms with Crippen LogP contribution in [0.15, 0.2) is 48.8 Å². The van der Waals surface area contributed by atoms with Crippen molar-refractivity contribution in [3.63, 3.8) is 0 Å². The minimum Gasteiger partial charge on any atom is -0.384 e. The molecular weight excluding hydrogens is 286 g/mol. The molecule has 0 bridgehead atoms. The Labute approximate surface area is 137 Å². The lowest BCUT2D eigenvalue weighted by Gasteiger charge is -2.17. The second-order valence-corrected chi connectivity index (χ2v) is 6.11. The van der Waals surface area contributed by atoms with Gasteiger partial charge in [0.25, 0.3) is 0 Å². The third kappa shape index (κ3) is 3.76. The van der Waals surface area contributed by atoms with Crippen molar-refractivity contribution in [3.05, 3.63) is 65.5 Å². The Kier molecular flexibility index (Phi) is 5.02. The normalized spacial score (nSPS) is 21.2. The number of hydrogen-bond donors (Lipinski definition) is 0. The highest BCUT2D eigenvalue weighted by Gasteiger charge is 2.33. The lowest BCUT2D eigenvalue weighted by atomic mass is 9.90. The van der Waals surface area contributed by atoms with Crippen LogP contribution in [0.2, 0.25) is 0 Å². The van der Waals surface area contributed by atoms with Crippen molar-refractivity contribution in [1.29, 1.82) is 5.26 Å². The first-order valence-corrected chi connectivity index (χ1v) is 7.90. The van der Waals surface area contributed by atoms with Gasteiger partial charge in [0, 0.05) is 51.0 Å². The number of nitriles is 1. The second kappa shape index (κ2) is 7.36. The smallest absolute Gasteiger partial charge is 0.0991 e. The molecule has 0 saturated carbocycles. The lowest BCUT2D eigenvalue weighted by Crippen LogP contribution is -2.21. The van der Waals surface area contributed by atoms with E-state index in [9.17, 15) is 0 Å². The van der Waals surface area contributed by atoms with Crippen LogP contribution in [0, 0.1) is 17.2 Å². The van der Waals surface area contributed by atoms with Crippen LogP contribution in [0.1, 0.15) is 22.6 Å². The molecule has 1 aromatic carbocycles. The van der Waals surface area contributed by atoms with Crippen molar-refractivity contribution in [3.8, 4) is 6.07 Å². The van der Waals surface area contributed by atoms with Crippen LogP contribution in [-0.2, 0) is 11.3 Å². The van der Waals surface area contributed by atoms with E-state index >= 15 is 0 Å². The number of benzene rings is 1. The topological polar surface area (TPSA) is 49.1 Å². The summed E-state index contributed by atoms with van der Waals surface area (Å²) >= 11 is 0. The summed E-state index contributed by atoms with van der Waals surface area (Å²) in [6, 6.07) is 14.3. The first-order chi connectivity index (χ1) is 11.3. The van der Waals surface area contributed by atoms with Gasteiger partial charge in [-0.05, 0) is 35.4 Å². The van der Waals surface area contributed by atoms with Crippen LogP contribution in [0.5, 0.6) is 0 Å². The maximum Gasteiger partial charge on any atom is 0.0991 e. The molecule has 1 aliphatic rings. The number of rotatable bonds is 5. The largest absolute Gasteiger partial charge is 0.384 e. The van der Waals surface area contributed by atoms with Gasteiger partial charge in [0.15, 0.2) is 0 Å². The molecule has 2 atom stereocenters. The van der Waals surface area contributed by atoms with Gasteiger partial charge in [-0.25, -0.2) is 0 Å². The summed E-state index contributed by atoms with van der Waals surface area (Å²) in [4.78, 5) is 6.57. The maximum atomic E-state index is 9.04. The van der Waals surface area contributed by atoms with E-state index in [4.69, 9.17) is 10.00 Å². The average Bonchev–Trinajstić information content (AvgIpc) is 2.98. The highest BCUT2D eigenvalue weighted by molar-refractivity contribution is 5.33. The van der Waals surface area contributed by atoms with E-state index < -0.39 is 0 Å². The summed E-state index contributed by atoms with van der Waals surface area (Å²) in [5.74, 6) is 0.957. The Bertz CT molecular complexity index is 681. The fourth-order valence-corrected chi connectivity index (χ4v) is 3.46. The highest BCUT2D eigenvalue weighted by atomic mass is 16.5. The van der Waals surface area contributed by atoms with Gasteiger partial charge >= 0.3 is 0 Å². The minimum atomic E-state index is 0.470. The molecule has 1 aliphatic heterocycles. The van der Waals surface area contributed by atoms with Crippen molar-refractivity contribution < 1.29 is 4.74 Å². The molecule has 1 fully saturated rings. The molecule has 0 spiro atoms. The van der Waals surface area contributed by atoms with Crippen LogP contribution < -0.4 is 0 Å². The number of ether oxygens (including phenoxy) is 1. The maximum absolute atomic E-state index is 9.04. The minimum absolute atomic E-state index is 0.470. The standard InChI is InChI=1S/C19H21N3O/c1-23-14-18-12-22(11-16-4-2-3-15(9-16)10-20)13-19(18)17-5-7-21-8-6-17/h2-9,18-19H,11-14H2,1H3/t18-,19-/m0/s1. The van der Waals surface area contributed by atoms with Crippen molar-refractivity contribution in [2.75, 3.05) is 26.8 Å². The molecule has 1 saturated heterocycles. The summed E-state index contributed by atoms with van der Waals surface area (Å²) in [7, 11) is 1.77. The molecule has 4 heteroatoms. The molecule has 0 N–H and O–H groups in total. The Hall–Kier alpha value is -2.22. The molecule has 0 unspecified atom stereocenters. The van der Waals surface area contributed by atoms with E-state index in [1.165, 1.54) is 11.1 Å². The lowest BCUT2D eigenvalue weighted by molar-refractivity contribution is 0.147. The quantitative estimate of drug-likeness (QED) is 0.852. The van der Waals surface area contributed by atoms with Gasteiger partial charge < -0.3 is 4.74 Å². The number of nitrogens with zero attached hydrogens (tertiary/aromatic N) is 3. The van der Waals surface area contributed by atoms with Crippen LogP contribution in [0.25, 0.3) is 0 Å². The second-order valence-electron chi connectivity index (χ2n) is 6.11. The Morgan fingerprint density at radius 1 is 1.26 bits per heavy atom. The SMILES string of the molecule is COC[C@@H]1CN(Cc2cccc(C#N)c2)C[C@H]1c1ccncc1. The Morgan fingerprint density at radius 2 is 2.09 bits per heavy atom. The highest BCUT2D eigenvalue weighted by Crippen LogP contribution is 2.33. The van der Waals surface area contributed by atoms with Crippen molar-refractivity contribution >= 4 is 0 Å². The molecule has 4 nitrogen and oxygen atoms in total. The molecule has 118 valence electrons. The number of pyridine rings is 1. The third-order valence-corrected chi connectivity index (χ3v) is 4.49. The zero-order valence-electron chi connectivity index (χ0n) is 13.4. The van der Waals surface area contributed by atoms with E-state index in [1.807, 2.05) is 30.6 Å². The molecule has 0 aliphatic carbocycles. The summed E-state index contributed by atoms with van der Waals surface area (Å²) in [6.45, 7) is 3.66. The van der Waals surface area contributed by atoms with E-state index in [1.54, 1.807) is 7.11 Å². The number of aromatic nitrogens is 1. The van der Waals surface area contributed by atoms with Gasteiger partial charge in [-0.3, -0.25) is 9.88 Å². The van der Waals surface area contributed by atoms with Crippen LogP contribution >= 0.6 is 0 Å². The number of likely N-dealkylation sites (tertiary alicyclic amines) is 1. The van der Waals surface area contributed by atoms with Crippen molar-refractivity contribution in [2.24, 2.45) is 5.92 Å². The van der Waals surface area contributed by atoms with E-state index in [0.29, 0.717) is 11.8 Å². The molecule has 23 heavy (non-hydrogen) atoms. The molecule has 0 radical (unpaired) electrons. The van der Waals surface area contributed by atoms with E-state index in [-0.39, 0.29) is 0 Å². The van der Waals surface area contributed by atoms with Crippen LogP contribution in [0.4, 0.5) is 0 Å². The summed E-state index contributed by atoms with van der Waals surface area (Å²) < 4.78 is 5.43. The molecule has 1 aromatic heterocycles. The van der Waals surface area contributed by atoms with Gasteiger partial charge in [-0.15, -0.1) is 0 Å². The summed E-state index contributed by atoms with van der Waals surface area (Å²) in [5, 5.41) is 9.04. The van der Waals surface area contributed by atoms with Crippen molar-refractivity contribution in [1.82, 2.24) is 9.88 Å². The third-order valence-electron chi connectivity index (χ3n) is 4.49. The molecule has 0 amide bonds. The molecule has 2 aromatic rings. The Morgan fingerprint density at radius 3 is 2.83 bits per heavy atom. The van der Waals surface area contributed by atoms with E-state index in [0.717, 1.165) is 31.8 Å². The molecular formula is C19H21N3O. The predicted molar refractivity (Wildman–Crippen MR) is 88.8 cm³/mol. The summed E-state index contributed by atoms with van der Waals surface area (Å²) in [6.07, 6.45) is 3.72. The Balaban J connectivity index is 1.73. The van der Waals surface area contributed by atoms with Gasteiger partial charge in [0.05, 0.1) is 18.2 Å². The van der Waals surface area contributed by atoms with Gasteiger partial charge in [0.2, 0.25) is 0 Å². The van der Waals surface area contributed by atoms with Gasteiger partial charge in [-0.1, -0.05) is 12.1 Å². The fraction of sp³-hybridized carbons (Fsp3) is 0.368. The zero-order chi connectivity index (χ0) is 16.1. The van der Waals surface area contributed by atoms with Gasteiger partial charge in [0.1, 0.15) is 0 Å².